The number of hydrogen-bond acceptors (Lipinski definition) is 2. The zero-order valence-corrected chi connectivity index (χ0v) is 13.8. The monoisotopic (exact) mass is 351 g/mol. The molecule has 0 aliphatic carbocycles. The number of hydrogen-bond donors (Lipinski definition) is 0. The van der Waals surface area contributed by atoms with Crippen molar-refractivity contribution in [2.75, 3.05) is 6.54 Å². The maximum Gasteiger partial charge on any atom is 0.275 e. The van der Waals surface area contributed by atoms with Gasteiger partial charge in [-0.3, -0.25) is 4.79 Å². The molecule has 26 heavy (non-hydrogen) atoms. The van der Waals surface area contributed by atoms with Gasteiger partial charge in [-0.25, -0.2) is 13.5 Å². The molecule has 130 valence electrons. The highest BCUT2D eigenvalue weighted by Gasteiger charge is 2.19. The molecule has 3 rings (SSSR count). The van der Waals surface area contributed by atoms with Gasteiger partial charge in [0.25, 0.3) is 5.91 Å². The standard InChI is InChI=1S/C20H15F2N3O/c1-2-12-24(14-15-7-9-16(21)10-8-15)20(26)18-11-13-25(23-18)19-6-4-3-5-17(19)22/h1,3-11,13H,12,14H2. The van der Waals surface area contributed by atoms with Crippen molar-refractivity contribution >= 4 is 5.91 Å². The summed E-state index contributed by atoms with van der Waals surface area (Å²) >= 11 is 0. The van der Waals surface area contributed by atoms with Crippen LogP contribution >= 0.6 is 0 Å². The molecular weight excluding hydrogens is 336 g/mol. The van der Waals surface area contributed by atoms with E-state index in [0.717, 1.165) is 5.56 Å². The van der Waals surface area contributed by atoms with Gasteiger partial charge in [0.2, 0.25) is 0 Å². The van der Waals surface area contributed by atoms with Crippen molar-refractivity contribution in [1.82, 2.24) is 14.7 Å². The van der Waals surface area contributed by atoms with Crippen LogP contribution in [0, 0.1) is 24.0 Å². The summed E-state index contributed by atoms with van der Waals surface area (Å²) in [6.45, 7) is 0.290. The van der Waals surface area contributed by atoms with Crippen LogP contribution in [0.1, 0.15) is 16.1 Å². The van der Waals surface area contributed by atoms with Crippen LogP contribution in [0.4, 0.5) is 8.78 Å². The van der Waals surface area contributed by atoms with Crippen LogP contribution in [0.5, 0.6) is 0 Å². The lowest BCUT2D eigenvalue weighted by Crippen LogP contribution is -2.31. The van der Waals surface area contributed by atoms with Gasteiger partial charge in [0.05, 0.1) is 6.54 Å². The van der Waals surface area contributed by atoms with Crippen LogP contribution in [0.3, 0.4) is 0 Å². The molecule has 2 aromatic carbocycles. The molecule has 1 heterocycles. The van der Waals surface area contributed by atoms with Crippen LogP contribution < -0.4 is 0 Å². The number of halogens is 2. The van der Waals surface area contributed by atoms with E-state index in [1.807, 2.05) is 0 Å². The zero-order valence-electron chi connectivity index (χ0n) is 13.8. The first kappa shape index (κ1) is 17.4. The van der Waals surface area contributed by atoms with Crippen molar-refractivity contribution in [3.8, 4) is 18.0 Å². The van der Waals surface area contributed by atoms with Crippen molar-refractivity contribution in [3.05, 3.63) is 83.7 Å². The average Bonchev–Trinajstić information content (AvgIpc) is 3.13. The van der Waals surface area contributed by atoms with Gasteiger partial charge in [0, 0.05) is 12.7 Å². The van der Waals surface area contributed by atoms with Crippen molar-refractivity contribution in [2.24, 2.45) is 0 Å². The van der Waals surface area contributed by atoms with Crippen LogP contribution in [-0.2, 0) is 6.54 Å². The Balaban J connectivity index is 1.83. The number of para-hydroxylation sites is 1. The van der Waals surface area contributed by atoms with Gasteiger partial charge >= 0.3 is 0 Å². The van der Waals surface area contributed by atoms with Gasteiger partial charge < -0.3 is 4.90 Å². The number of terminal acetylenes is 1. The van der Waals surface area contributed by atoms with Crippen LogP contribution in [0.2, 0.25) is 0 Å². The molecule has 1 amide bonds. The number of amides is 1. The highest BCUT2D eigenvalue weighted by atomic mass is 19.1. The maximum absolute atomic E-state index is 13.9. The smallest absolute Gasteiger partial charge is 0.275 e. The summed E-state index contributed by atoms with van der Waals surface area (Å²) in [5, 5.41) is 4.16. The minimum atomic E-state index is -0.443. The quantitative estimate of drug-likeness (QED) is 0.661. The van der Waals surface area contributed by atoms with Gasteiger partial charge in [0.1, 0.15) is 17.3 Å². The molecule has 0 aliphatic rings. The molecule has 0 radical (unpaired) electrons. The van der Waals surface area contributed by atoms with Crippen LogP contribution in [0.15, 0.2) is 60.8 Å². The first-order valence-electron chi connectivity index (χ1n) is 7.86. The number of carbonyl (C=O) groups is 1. The molecule has 3 aromatic rings. The van der Waals surface area contributed by atoms with Gasteiger partial charge in [-0.05, 0) is 35.9 Å². The number of carbonyl (C=O) groups excluding carboxylic acids is 1. The van der Waals surface area contributed by atoms with E-state index in [1.54, 1.807) is 30.3 Å². The van der Waals surface area contributed by atoms with Gasteiger partial charge in [-0.15, -0.1) is 6.42 Å². The second kappa shape index (κ2) is 7.62. The first-order valence-corrected chi connectivity index (χ1v) is 7.86. The molecule has 0 spiro atoms. The van der Waals surface area contributed by atoms with Crippen molar-refractivity contribution < 1.29 is 13.6 Å². The predicted octanol–water partition coefficient (Wildman–Crippen LogP) is 3.43. The summed E-state index contributed by atoms with van der Waals surface area (Å²) < 4.78 is 28.2. The molecule has 1 aromatic heterocycles. The highest BCUT2D eigenvalue weighted by Crippen LogP contribution is 2.14. The van der Waals surface area contributed by atoms with Crippen molar-refractivity contribution in [3.63, 3.8) is 0 Å². The summed E-state index contributed by atoms with van der Waals surface area (Å²) in [6, 6.07) is 13.5. The van der Waals surface area contributed by atoms with E-state index in [1.165, 1.54) is 40.0 Å². The molecule has 0 atom stereocenters. The third-order valence-corrected chi connectivity index (χ3v) is 3.76. The minimum absolute atomic E-state index is 0.0722. The topological polar surface area (TPSA) is 38.1 Å². The molecule has 0 saturated carbocycles. The van der Waals surface area contributed by atoms with Gasteiger partial charge in [-0.1, -0.05) is 30.2 Å². The Morgan fingerprint density at radius 3 is 2.54 bits per heavy atom. The molecule has 0 bridgehead atoms. The Morgan fingerprint density at radius 1 is 1.12 bits per heavy atom. The molecule has 4 nitrogen and oxygen atoms in total. The van der Waals surface area contributed by atoms with Gasteiger partial charge in [-0.2, -0.15) is 5.10 Å². The van der Waals surface area contributed by atoms with E-state index >= 15 is 0 Å². The number of nitrogens with zero attached hydrogens (tertiary/aromatic N) is 3. The fraction of sp³-hybridized carbons (Fsp3) is 0.100. The molecule has 6 heteroatoms. The minimum Gasteiger partial charge on any atom is -0.322 e. The second-order valence-electron chi connectivity index (χ2n) is 5.59. The predicted molar refractivity (Wildman–Crippen MR) is 93.5 cm³/mol. The fourth-order valence-corrected chi connectivity index (χ4v) is 2.49. The van der Waals surface area contributed by atoms with Crippen molar-refractivity contribution in [2.45, 2.75) is 6.54 Å². The lowest BCUT2D eigenvalue weighted by Gasteiger charge is -2.19. The Labute approximate surface area is 149 Å². The normalized spacial score (nSPS) is 10.3. The van der Waals surface area contributed by atoms with E-state index < -0.39 is 5.82 Å². The number of aromatic nitrogens is 2. The molecule has 0 aliphatic heterocycles. The van der Waals surface area contributed by atoms with E-state index in [0.29, 0.717) is 0 Å². The number of rotatable bonds is 5. The second-order valence-corrected chi connectivity index (χ2v) is 5.59. The zero-order chi connectivity index (χ0) is 18.5. The third kappa shape index (κ3) is 3.78. The molecule has 0 fully saturated rings. The SMILES string of the molecule is C#CCN(Cc1ccc(F)cc1)C(=O)c1ccn(-c2ccccc2F)n1. The Hall–Kier alpha value is -3.46. The third-order valence-electron chi connectivity index (χ3n) is 3.76. The fourth-order valence-electron chi connectivity index (χ4n) is 2.49. The summed E-state index contributed by atoms with van der Waals surface area (Å²) in [7, 11) is 0. The Bertz CT molecular complexity index is 958. The molecular formula is C20H15F2N3O. The summed E-state index contributed by atoms with van der Waals surface area (Å²) in [6.07, 6.45) is 6.87. The molecule has 0 saturated heterocycles. The maximum atomic E-state index is 13.9. The Morgan fingerprint density at radius 2 is 1.85 bits per heavy atom. The largest absolute Gasteiger partial charge is 0.322 e. The summed E-state index contributed by atoms with van der Waals surface area (Å²) in [5.74, 6) is 1.25. The van der Waals surface area contributed by atoms with E-state index in [9.17, 15) is 13.6 Å². The van der Waals surface area contributed by atoms with E-state index in [2.05, 4.69) is 11.0 Å². The van der Waals surface area contributed by atoms with Gasteiger partial charge in [0.15, 0.2) is 5.69 Å². The lowest BCUT2D eigenvalue weighted by molar-refractivity contribution is 0.0759. The first-order chi connectivity index (χ1) is 12.6. The lowest BCUT2D eigenvalue weighted by atomic mass is 10.2. The van der Waals surface area contributed by atoms with Crippen molar-refractivity contribution in [1.29, 1.82) is 0 Å². The Kier molecular flexibility index (Phi) is 5.09. The molecule has 0 N–H and O–H groups in total. The highest BCUT2D eigenvalue weighted by molar-refractivity contribution is 5.92. The average molecular weight is 351 g/mol. The summed E-state index contributed by atoms with van der Waals surface area (Å²) in [5.41, 5.74) is 1.13. The van der Waals surface area contributed by atoms with E-state index in [4.69, 9.17) is 6.42 Å². The van der Waals surface area contributed by atoms with E-state index in [-0.39, 0.29) is 36.2 Å². The van der Waals surface area contributed by atoms with Crippen LogP contribution in [0.25, 0.3) is 5.69 Å². The molecule has 0 unspecified atom stereocenters. The number of benzene rings is 2. The van der Waals surface area contributed by atoms with Crippen LogP contribution in [-0.4, -0.2) is 27.1 Å². The summed E-state index contributed by atoms with van der Waals surface area (Å²) in [4.78, 5) is 14.1.